The van der Waals surface area contributed by atoms with Gasteiger partial charge in [-0.25, -0.2) is 0 Å². The Morgan fingerprint density at radius 1 is 1.57 bits per heavy atom. The Kier molecular flexibility index (Phi) is 3.05. The molecule has 0 spiro atoms. The molecule has 4 heteroatoms. The molecule has 7 heavy (non-hydrogen) atoms. The Morgan fingerprint density at radius 2 is 2.00 bits per heavy atom. The van der Waals surface area contributed by atoms with Gasteiger partial charge in [-0.1, -0.05) is 0 Å². The number of alkyl halides is 1. The van der Waals surface area contributed by atoms with Crippen LogP contribution in [0.25, 0.3) is 0 Å². The molecule has 0 bridgehead atoms. The molecule has 44 valence electrons. The normalized spacial score (nSPS) is 12.0. The number of aliphatic hydroxyl groups is 2. The van der Waals surface area contributed by atoms with E-state index in [1.807, 2.05) is 0 Å². The Morgan fingerprint density at radius 3 is 2.00 bits per heavy atom. The highest BCUT2D eigenvalue weighted by molar-refractivity contribution is 14.1. The molecule has 0 fully saturated rings. The minimum absolute atomic E-state index is 0.216. The van der Waals surface area contributed by atoms with E-state index in [9.17, 15) is 0 Å². The predicted octanol–water partition coefficient (Wildman–Crippen LogP) is -0.591. The van der Waals surface area contributed by atoms with Gasteiger partial charge in [0.2, 0.25) is 3.79 Å². The van der Waals surface area contributed by atoms with Crippen LogP contribution in [0.2, 0.25) is 0 Å². The van der Waals surface area contributed by atoms with Crippen molar-refractivity contribution in [3.8, 4) is 0 Å². The van der Waals surface area contributed by atoms with Crippen LogP contribution in [-0.2, 0) is 0 Å². The van der Waals surface area contributed by atoms with E-state index in [2.05, 4.69) is 0 Å². The van der Waals surface area contributed by atoms with Crippen LogP contribution in [0.5, 0.6) is 0 Å². The van der Waals surface area contributed by atoms with Crippen LogP contribution >= 0.6 is 22.6 Å². The van der Waals surface area contributed by atoms with E-state index in [4.69, 9.17) is 15.9 Å². The lowest BCUT2D eigenvalue weighted by molar-refractivity contribution is -0.0612. The molecule has 0 aliphatic carbocycles. The molecule has 0 saturated carbocycles. The summed E-state index contributed by atoms with van der Waals surface area (Å²) in [7, 11) is 0. The second kappa shape index (κ2) is 2.81. The van der Waals surface area contributed by atoms with E-state index in [0.29, 0.717) is 6.54 Å². The summed E-state index contributed by atoms with van der Waals surface area (Å²) < 4.78 is -1.60. The van der Waals surface area contributed by atoms with Gasteiger partial charge in [0, 0.05) is 6.42 Å². The van der Waals surface area contributed by atoms with Crippen LogP contribution in [0.4, 0.5) is 0 Å². The van der Waals surface area contributed by atoms with Crippen molar-refractivity contribution in [2.45, 2.75) is 10.2 Å². The van der Waals surface area contributed by atoms with Crippen LogP contribution < -0.4 is 5.73 Å². The van der Waals surface area contributed by atoms with E-state index in [1.54, 1.807) is 0 Å². The third kappa shape index (κ3) is 6.61. The van der Waals surface area contributed by atoms with Crippen molar-refractivity contribution in [1.82, 2.24) is 0 Å². The van der Waals surface area contributed by atoms with Gasteiger partial charge in [-0.3, -0.25) is 0 Å². The predicted molar refractivity (Wildman–Crippen MR) is 34.9 cm³/mol. The molecule has 0 saturated heterocycles. The van der Waals surface area contributed by atoms with Gasteiger partial charge in [-0.2, -0.15) is 0 Å². The van der Waals surface area contributed by atoms with Gasteiger partial charge in [-0.05, 0) is 29.1 Å². The highest BCUT2D eigenvalue weighted by Crippen LogP contribution is 2.12. The van der Waals surface area contributed by atoms with Crippen LogP contribution in [0.3, 0.4) is 0 Å². The fourth-order valence-corrected chi connectivity index (χ4v) is 0.495. The molecule has 3 nitrogen and oxygen atoms in total. The van der Waals surface area contributed by atoms with E-state index in [0.717, 1.165) is 0 Å². The summed E-state index contributed by atoms with van der Waals surface area (Å²) in [6.07, 6.45) is 0.216. The maximum absolute atomic E-state index is 8.48. The fraction of sp³-hybridized carbons (Fsp3) is 1.00. The molecule has 0 aliphatic rings. The average Bonchev–Trinajstić information content (AvgIpc) is 1.30. The van der Waals surface area contributed by atoms with Crippen molar-refractivity contribution < 1.29 is 10.2 Å². The van der Waals surface area contributed by atoms with E-state index >= 15 is 0 Å². The van der Waals surface area contributed by atoms with Crippen molar-refractivity contribution >= 4 is 22.6 Å². The zero-order valence-electron chi connectivity index (χ0n) is 3.76. The third-order valence-electron chi connectivity index (χ3n) is 0.462. The van der Waals surface area contributed by atoms with Crippen molar-refractivity contribution in [2.75, 3.05) is 6.54 Å². The Balaban J connectivity index is 3.15. The molecule has 0 rings (SSSR count). The fourth-order valence-electron chi connectivity index (χ4n) is 0.184. The van der Waals surface area contributed by atoms with Crippen molar-refractivity contribution in [1.29, 1.82) is 0 Å². The van der Waals surface area contributed by atoms with Crippen molar-refractivity contribution in [3.05, 3.63) is 0 Å². The van der Waals surface area contributed by atoms with Crippen LogP contribution in [-0.4, -0.2) is 20.6 Å². The van der Waals surface area contributed by atoms with E-state index in [-0.39, 0.29) is 6.42 Å². The first-order chi connectivity index (χ1) is 3.06. The summed E-state index contributed by atoms with van der Waals surface area (Å²) in [5, 5.41) is 17.0. The number of nitrogens with two attached hydrogens (primary N) is 1. The Bertz CT molecular complexity index is 51.4. The molecule has 0 radical (unpaired) electrons. The molecule has 0 aromatic carbocycles. The topological polar surface area (TPSA) is 66.5 Å². The molecular weight excluding hydrogens is 209 g/mol. The minimum Gasteiger partial charge on any atom is -0.358 e. The number of halogens is 1. The molecule has 0 aromatic heterocycles. The number of rotatable bonds is 2. The number of hydrogen-bond donors (Lipinski definition) is 3. The van der Waals surface area contributed by atoms with E-state index in [1.165, 1.54) is 22.6 Å². The van der Waals surface area contributed by atoms with Gasteiger partial charge in [-0.15, -0.1) is 0 Å². The van der Waals surface area contributed by atoms with E-state index < -0.39 is 3.79 Å². The van der Waals surface area contributed by atoms with Gasteiger partial charge in [0.25, 0.3) is 0 Å². The summed E-state index contributed by atoms with van der Waals surface area (Å²) in [4.78, 5) is 0. The maximum atomic E-state index is 8.48. The van der Waals surface area contributed by atoms with Gasteiger partial charge >= 0.3 is 0 Å². The average molecular weight is 217 g/mol. The molecule has 0 heterocycles. The molecule has 0 aromatic rings. The van der Waals surface area contributed by atoms with Crippen molar-refractivity contribution in [3.63, 3.8) is 0 Å². The monoisotopic (exact) mass is 217 g/mol. The molecule has 0 unspecified atom stereocenters. The Hall–Kier alpha value is 0.610. The van der Waals surface area contributed by atoms with Gasteiger partial charge in [0.05, 0.1) is 0 Å². The first-order valence-electron chi connectivity index (χ1n) is 1.90. The zero-order valence-corrected chi connectivity index (χ0v) is 5.92. The Labute approximate surface area is 55.7 Å². The summed E-state index contributed by atoms with van der Waals surface area (Å²) in [5.74, 6) is 0. The lowest BCUT2D eigenvalue weighted by Crippen LogP contribution is -2.22. The first-order valence-corrected chi connectivity index (χ1v) is 2.98. The maximum Gasteiger partial charge on any atom is 0.217 e. The van der Waals surface area contributed by atoms with Crippen LogP contribution in [0, 0.1) is 0 Å². The smallest absolute Gasteiger partial charge is 0.217 e. The lowest BCUT2D eigenvalue weighted by Gasteiger charge is -2.09. The zero-order chi connectivity index (χ0) is 5.91. The SMILES string of the molecule is NCCC(O)(O)I. The van der Waals surface area contributed by atoms with Crippen LogP contribution in [0.1, 0.15) is 6.42 Å². The highest BCUT2D eigenvalue weighted by atomic mass is 127. The first kappa shape index (κ1) is 7.61. The standard InChI is InChI=1S/C3H8INO2/c4-3(6,7)1-2-5/h6-7H,1-2,5H2. The number of hydrogen-bond acceptors (Lipinski definition) is 3. The third-order valence-corrected chi connectivity index (χ3v) is 1.00. The lowest BCUT2D eigenvalue weighted by atomic mass is 10.4. The highest BCUT2D eigenvalue weighted by Gasteiger charge is 2.14. The molecular formula is C3H8INO2. The quantitative estimate of drug-likeness (QED) is 0.329. The summed E-state index contributed by atoms with van der Waals surface area (Å²) in [6.45, 7) is 0.302. The van der Waals surface area contributed by atoms with Crippen LogP contribution in [0.15, 0.2) is 0 Å². The molecule has 0 amide bonds. The van der Waals surface area contributed by atoms with Gasteiger partial charge in [0.15, 0.2) is 0 Å². The minimum atomic E-state index is -1.60. The summed E-state index contributed by atoms with van der Waals surface area (Å²) in [6, 6.07) is 0. The molecule has 0 aliphatic heterocycles. The molecule has 4 N–H and O–H groups in total. The van der Waals surface area contributed by atoms with Gasteiger partial charge < -0.3 is 15.9 Å². The summed E-state index contributed by atoms with van der Waals surface area (Å²) >= 11 is 1.51. The largest absolute Gasteiger partial charge is 0.358 e. The van der Waals surface area contributed by atoms with Crippen molar-refractivity contribution in [2.24, 2.45) is 5.73 Å². The van der Waals surface area contributed by atoms with Gasteiger partial charge in [0.1, 0.15) is 0 Å². The molecule has 0 atom stereocenters. The summed E-state index contributed by atoms with van der Waals surface area (Å²) in [5.41, 5.74) is 4.99. The second-order valence-electron chi connectivity index (χ2n) is 1.26. The second-order valence-corrected chi connectivity index (χ2v) is 2.99.